The van der Waals surface area contributed by atoms with Crippen molar-refractivity contribution in [1.82, 2.24) is 0 Å². The number of halogens is 1. The minimum absolute atomic E-state index is 0.0839. The van der Waals surface area contributed by atoms with Gasteiger partial charge < -0.3 is 0 Å². The van der Waals surface area contributed by atoms with Crippen LogP contribution < -0.4 is 0 Å². The number of carbonyl (C=O) groups excluding carboxylic acids is 1. The summed E-state index contributed by atoms with van der Waals surface area (Å²) < 4.78 is 0. The van der Waals surface area contributed by atoms with Crippen molar-refractivity contribution in [2.24, 2.45) is 0 Å². The van der Waals surface area contributed by atoms with Crippen LogP contribution in [-0.4, -0.2) is 5.78 Å². The molecule has 1 atom stereocenters. The average Bonchev–Trinajstić information content (AvgIpc) is 2.20. The number of hydrogen-bond donors (Lipinski definition) is 0. The molecule has 70 valence electrons. The van der Waals surface area contributed by atoms with Gasteiger partial charge in [0.1, 0.15) is 0 Å². The van der Waals surface area contributed by atoms with Crippen molar-refractivity contribution in [1.29, 1.82) is 0 Å². The third-order valence-electron chi connectivity index (χ3n) is 2.22. The summed E-state index contributed by atoms with van der Waals surface area (Å²) in [5, 5.41) is 0.644. The van der Waals surface area contributed by atoms with Gasteiger partial charge in [-0.1, -0.05) is 48.0 Å². The Labute approximate surface area is 87.7 Å². The summed E-state index contributed by atoms with van der Waals surface area (Å²) in [5.74, 6) is -0.130. The van der Waals surface area contributed by atoms with Crippen molar-refractivity contribution in [3.63, 3.8) is 0 Å². The van der Waals surface area contributed by atoms with Crippen LogP contribution in [0.25, 0.3) is 0 Å². The molecule has 14 heavy (non-hydrogen) atoms. The number of ketones is 1. The third kappa shape index (κ3) is 1.64. The summed E-state index contributed by atoms with van der Waals surface area (Å²) in [7, 11) is 0. The highest BCUT2D eigenvalue weighted by atomic mass is 35.5. The highest BCUT2D eigenvalue weighted by Gasteiger charge is 2.18. The highest BCUT2D eigenvalue weighted by Crippen LogP contribution is 2.27. The molecule has 0 amide bonds. The molecule has 0 aromatic heterocycles. The van der Waals surface area contributed by atoms with Gasteiger partial charge in [0.2, 0.25) is 0 Å². The predicted octanol–water partition coefficient (Wildman–Crippen LogP) is 3.12. The first kappa shape index (κ1) is 9.22. The molecule has 0 bridgehead atoms. The van der Waals surface area contributed by atoms with E-state index in [1.807, 2.05) is 30.4 Å². The number of allylic oxidation sites excluding steroid dienone is 4. The largest absolute Gasteiger partial charge is 0.294 e. The maximum Gasteiger partial charge on any atom is 0.166 e. The molecule has 1 aliphatic carbocycles. The van der Waals surface area contributed by atoms with Crippen molar-refractivity contribution in [2.75, 3.05) is 0 Å². The fraction of sp³-hybridized carbons (Fsp3) is 0.0833. The van der Waals surface area contributed by atoms with Crippen molar-refractivity contribution in [3.05, 3.63) is 59.2 Å². The second-order valence-electron chi connectivity index (χ2n) is 3.15. The lowest BCUT2D eigenvalue weighted by molar-refractivity contribution is -0.115. The number of rotatable bonds is 1. The monoisotopic (exact) mass is 204 g/mol. The second kappa shape index (κ2) is 3.81. The first-order valence-electron chi connectivity index (χ1n) is 4.42. The molecule has 0 spiro atoms. The van der Waals surface area contributed by atoms with Crippen molar-refractivity contribution < 1.29 is 4.79 Å². The third-order valence-corrected chi connectivity index (χ3v) is 2.57. The molecule has 2 rings (SSSR count). The summed E-state index contributed by atoms with van der Waals surface area (Å²) in [6.45, 7) is 0. The first-order valence-corrected chi connectivity index (χ1v) is 4.80. The molecule has 0 fully saturated rings. The van der Waals surface area contributed by atoms with Gasteiger partial charge in [-0.3, -0.25) is 4.79 Å². The Morgan fingerprint density at radius 1 is 1.14 bits per heavy atom. The van der Waals surface area contributed by atoms with Crippen molar-refractivity contribution in [2.45, 2.75) is 5.92 Å². The quantitative estimate of drug-likeness (QED) is 0.687. The normalized spacial score (nSPS) is 20.1. The Balaban J connectivity index is 2.41. The van der Waals surface area contributed by atoms with E-state index >= 15 is 0 Å². The van der Waals surface area contributed by atoms with E-state index in [2.05, 4.69) is 0 Å². The summed E-state index contributed by atoms with van der Waals surface area (Å²) in [4.78, 5) is 11.6. The second-order valence-corrected chi connectivity index (χ2v) is 3.55. The lowest BCUT2D eigenvalue weighted by Gasteiger charge is -2.13. The molecule has 1 aliphatic rings. The van der Waals surface area contributed by atoms with Gasteiger partial charge >= 0.3 is 0 Å². The van der Waals surface area contributed by atoms with E-state index in [9.17, 15) is 4.79 Å². The minimum Gasteiger partial charge on any atom is -0.294 e. The van der Waals surface area contributed by atoms with Crippen LogP contribution in [0.15, 0.2) is 48.6 Å². The number of hydrogen-bond acceptors (Lipinski definition) is 1. The smallest absolute Gasteiger partial charge is 0.166 e. The van der Waals surface area contributed by atoms with Crippen LogP contribution in [0.2, 0.25) is 5.02 Å². The number of carbonyl (C=O) groups is 1. The van der Waals surface area contributed by atoms with Crippen LogP contribution in [0, 0.1) is 0 Å². The fourth-order valence-electron chi connectivity index (χ4n) is 1.51. The van der Waals surface area contributed by atoms with Crippen LogP contribution in [0.3, 0.4) is 0 Å². The Kier molecular flexibility index (Phi) is 2.51. The van der Waals surface area contributed by atoms with E-state index < -0.39 is 0 Å². The summed E-state index contributed by atoms with van der Waals surface area (Å²) in [5.41, 5.74) is 0.875. The predicted molar refractivity (Wildman–Crippen MR) is 57.5 cm³/mol. The topological polar surface area (TPSA) is 17.1 Å². The van der Waals surface area contributed by atoms with Crippen LogP contribution >= 0.6 is 11.6 Å². The van der Waals surface area contributed by atoms with Gasteiger partial charge in [0.15, 0.2) is 5.78 Å². The number of benzene rings is 1. The zero-order valence-corrected chi connectivity index (χ0v) is 8.24. The zero-order chi connectivity index (χ0) is 9.97. The molecular weight excluding hydrogens is 196 g/mol. The maximum absolute atomic E-state index is 11.6. The minimum atomic E-state index is -0.214. The van der Waals surface area contributed by atoms with Gasteiger partial charge in [0, 0.05) is 5.02 Å². The van der Waals surface area contributed by atoms with E-state index in [-0.39, 0.29) is 11.7 Å². The van der Waals surface area contributed by atoms with Crippen LogP contribution in [0.4, 0.5) is 0 Å². The lowest BCUT2D eigenvalue weighted by Crippen LogP contribution is -2.09. The first-order chi connectivity index (χ1) is 6.79. The van der Waals surface area contributed by atoms with Crippen LogP contribution in [-0.2, 0) is 4.79 Å². The zero-order valence-electron chi connectivity index (χ0n) is 7.48. The van der Waals surface area contributed by atoms with E-state index in [1.54, 1.807) is 18.2 Å². The lowest BCUT2D eigenvalue weighted by atomic mass is 9.91. The van der Waals surface area contributed by atoms with Gasteiger partial charge in [0.25, 0.3) is 0 Å². The van der Waals surface area contributed by atoms with E-state index in [0.717, 1.165) is 5.56 Å². The summed E-state index contributed by atoms with van der Waals surface area (Å²) >= 11 is 6.01. The molecule has 0 heterocycles. The molecule has 2 heteroatoms. The molecule has 1 aromatic carbocycles. The highest BCUT2D eigenvalue weighted by molar-refractivity contribution is 6.31. The molecular formula is C12H9ClO. The summed E-state index contributed by atoms with van der Waals surface area (Å²) in [6, 6.07) is 7.43. The fourth-order valence-corrected chi connectivity index (χ4v) is 1.76. The molecule has 0 N–H and O–H groups in total. The average molecular weight is 205 g/mol. The standard InChI is InChI=1S/C12H9ClO/c13-11-7-3-1-5-9(11)10-6-2-4-8-12(10)14/h1-8,10H. The van der Waals surface area contributed by atoms with E-state index in [4.69, 9.17) is 11.6 Å². The maximum atomic E-state index is 11.6. The molecule has 0 radical (unpaired) electrons. The van der Waals surface area contributed by atoms with Crippen molar-refractivity contribution >= 4 is 17.4 Å². The Bertz CT molecular complexity index is 418. The van der Waals surface area contributed by atoms with E-state index in [1.165, 1.54) is 0 Å². The molecule has 1 unspecified atom stereocenters. The van der Waals surface area contributed by atoms with Gasteiger partial charge in [-0.15, -0.1) is 0 Å². The molecule has 1 nitrogen and oxygen atoms in total. The Hall–Kier alpha value is -1.34. The van der Waals surface area contributed by atoms with Gasteiger partial charge in [0.05, 0.1) is 5.92 Å². The van der Waals surface area contributed by atoms with Gasteiger partial charge in [-0.2, -0.15) is 0 Å². The summed E-state index contributed by atoms with van der Waals surface area (Å²) in [6.07, 6.45) is 7.06. The van der Waals surface area contributed by atoms with Crippen LogP contribution in [0.5, 0.6) is 0 Å². The Morgan fingerprint density at radius 3 is 2.64 bits per heavy atom. The molecule has 0 saturated carbocycles. The Morgan fingerprint density at radius 2 is 1.93 bits per heavy atom. The van der Waals surface area contributed by atoms with Crippen molar-refractivity contribution in [3.8, 4) is 0 Å². The molecule has 1 aromatic rings. The van der Waals surface area contributed by atoms with Crippen LogP contribution in [0.1, 0.15) is 11.5 Å². The van der Waals surface area contributed by atoms with Gasteiger partial charge in [-0.05, 0) is 17.7 Å². The van der Waals surface area contributed by atoms with E-state index in [0.29, 0.717) is 5.02 Å². The molecule has 0 aliphatic heterocycles. The van der Waals surface area contributed by atoms with Gasteiger partial charge in [-0.25, -0.2) is 0 Å². The SMILES string of the molecule is O=C1C=CC=CC1c1ccccc1Cl. The molecule has 0 saturated heterocycles.